The molecule has 0 saturated carbocycles. The molecule has 2 N–H and O–H groups in total. The minimum absolute atomic E-state index is 0.00299. The molecule has 0 bridgehead atoms. The Morgan fingerprint density at radius 2 is 0.701 bits per heavy atom. The zero-order valence-corrected chi connectivity index (χ0v) is 53.6. The number of hydrogen-bond acceptors (Lipinski definition) is 6. The van der Waals surface area contributed by atoms with Gasteiger partial charge in [-0.05, 0) is 19.3 Å². The summed E-state index contributed by atoms with van der Waals surface area (Å²) in [6.45, 7) is 4.72. The first-order chi connectivity index (χ1) is 37.5. The highest BCUT2D eigenvalue weighted by Gasteiger charge is 2.23. The second kappa shape index (κ2) is 59.8. The zero-order valence-electron chi connectivity index (χ0n) is 52.7. The van der Waals surface area contributed by atoms with Crippen LogP contribution in [0.5, 0.6) is 0 Å². The number of nitrogens with zero attached hydrogens (tertiary/aromatic N) is 1. The fraction of sp³-hybridized carbons (Fsp3) is 0.956. The van der Waals surface area contributed by atoms with Crippen LogP contribution < -0.4 is 10.2 Å². The zero-order chi connectivity index (χ0) is 56.3. The van der Waals surface area contributed by atoms with E-state index < -0.39 is 20.0 Å². The molecular weight excluding hydrogens is 972 g/mol. The van der Waals surface area contributed by atoms with Crippen molar-refractivity contribution in [3.63, 3.8) is 0 Å². The molecule has 3 atom stereocenters. The predicted octanol–water partition coefficient (Wildman–Crippen LogP) is 21.1. The highest BCUT2D eigenvalue weighted by molar-refractivity contribution is 7.45. The van der Waals surface area contributed by atoms with Gasteiger partial charge in [-0.2, -0.15) is 0 Å². The monoisotopic (exact) mass is 1110 g/mol. The molecule has 0 aromatic heterocycles. The Morgan fingerprint density at radius 3 is 0.974 bits per heavy atom. The van der Waals surface area contributed by atoms with Crippen LogP contribution in [-0.2, 0) is 18.4 Å². The Balaban J connectivity index is 4.03. The normalized spacial score (nSPS) is 13.7. The topological polar surface area (TPSA) is 108 Å². The summed E-state index contributed by atoms with van der Waals surface area (Å²) in [6.07, 6.45) is 76.2. The van der Waals surface area contributed by atoms with Crippen LogP contribution in [0.4, 0.5) is 0 Å². The fourth-order valence-electron chi connectivity index (χ4n) is 10.9. The molecule has 8 nitrogen and oxygen atoms in total. The van der Waals surface area contributed by atoms with E-state index in [9.17, 15) is 19.4 Å². The molecule has 1 amide bonds. The lowest BCUT2D eigenvalue weighted by Gasteiger charge is -2.29. The van der Waals surface area contributed by atoms with Gasteiger partial charge in [0, 0.05) is 6.42 Å². The van der Waals surface area contributed by atoms with E-state index in [1.165, 1.54) is 308 Å². The van der Waals surface area contributed by atoms with Gasteiger partial charge in [0.25, 0.3) is 7.82 Å². The number of hydrogen-bond donors (Lipinski definition) is 2. The molecule has 0 aliphatic heterocycles. The number of unbranched alkanes of at least 4 members (excludes halogenated alkanes) is 52. The van der Waals surface area contributed by atoms with Gasteiger partial charge in [-0.25, -0.2) is 0 Å². The number of aliphatic hydroxyl groups is 1. The average Bonchev–Trinajstić information content (AvgIpc) is 3.39. The molecule has 0 radical (unpaired) electrons. The van der Waals surface area contributed by atoms with E-state index in [4.69, 9.17) is 9.05 Å². The number of carbonyl (C=O) groups excluding carboxylic acids is 1. The van der Waals surface area contributed by atoms with Gasteiger partial charge in [0.15, 0.2) is 0 Å². The molecule has 0 rings (SSSR count). The van der Waals surface area contributed by atoms with Gasteiger partial charge >= 0.3 is 0 Å². The van der Waals surface area contributed by atoms with Crippen molar-refractivity contribution in [3.8, 4) is 0 Å². The van der Waals surface area contributed by atoms with Crippen molar-refractivity contribution < 1.29 is 32.9 Å². The van der Waals surface area contributed by atoms with E-state index in [1.807, 2.05) is 27.2 Å². The van der Waals surface area contributed by atoms with Gasteiger partial charge in [-0.15, -0.1) is 0 Å². The van der Waals surface area contributed by atoms with Crippen molar-refractivity contribution in [1.29, 1.82) is 0 Å². The Hall–Kier alpha value is -0.760. The highest BCUT2D eigenvalue weighted by atomic mass is 31.2. The van der Waals surface area contributed by atoms with E-state index >= 15 is 0 Å². The lowest BCUT2D eigenvalue weighted by molar-refractivity contribution is -0.870. The summed E-state index contributed by atoms with van der Waals surface area (Å²) < 4.78 is 23.5. The molecule has 0 saturated heterocycles. The minimum Gasteiger partial charge on any atom is -0.756 e. The molecule has 0 aromatic carbocycles. The summed E-state index contributed by atoms with van der Waals surface area (Å²) in [7, 11) is 1.28. The average molecular weight is 1110 g/mol. The Bertz CT molecular complexity index is 1260. The van der Waals surface area contributed by atoms with E-state index in [2.05, 4.69) is 19.2 Å². The first kappa shape index (κ1) is 76.2. The maximum Gasteiger partial charge on any atom is 0.268 e. The lowest BCUT2D eigenvalue weighted by Crippen LogP contribution is -2.45. The Morgan fingerprint density at radius 1 is 0.442 bits per heavy atom. The van der Waals surface area contributed by atoms with Gasteiger partial charge < -0.3 is 28.8 Å². The van der Waals surface area contributed by atoms with E-state index in [-0.39, 0.29) is 19.1 Å². The summed E-state index contributed by atoms with van der Waals surface area (Å²) in [4.78, 5) is 25.6. The molecular formula is C68H137N2O6P. The molecule has 0 spiro atoms. The molecule has 0 aromatic rings. The van der Waals surface area contributed by atoms with Crippen molar-refractivity contribution in [1.82, 2.24) is 5.32 Å². The number of rotatable bonds is 65. The van der Waals surface area contributed by atoms with Gasteiger partial charge in [0.05, 0.1) is 39.9 Å². The SMILES string of the molecule is CCCCCCCCCCCCCCCCCCCCCCCCC/C=C/C(O)C(COP(=O)([O-])OCC[N+](C)(C)C)NC(=O)CCCCCCCCCCCCCCCCCCCCCCCCCCCCCCCC. The largest absolute Gasteiger partial charge is 0.756 e. The molecule has 0 aliphatic carbocycles. The van der Waals surface area contributed by atoms with Crippen LogP contribution in [0, 0.1) is 0 Å². The van der Waals surface area contributed by atoms with Crippen LogP contribution in [0.25, 0.3) is 0 Å². The van der Waals surface area contributed by atoms with Gasteiger partial charge in [0.1, 0.15) is 13.2 Å². The van der Waals surface area contributed by atoms with Gasteiger partial charge in [0.2, 0.25) is 5.91 Å². The maximum absolute atomic E-state index is 13.0. The number of carbonyl (C=O) groups is 1. The van der Waals surface area contributed by atoms with Crippen LogP contribution in [0.3, 0.4) is 0 Å². The van der Waals surface area contributed by atoms with E-state index in [1.54, 1.807) is 6.08 Å². The van der Waals surface area contributed by atoms with Crippen LogP contribution in [0.2, 0.25) is 0 Å². The van der Waals surface area contributed by atoms with Crippen molar-refractivity contribution in [2.75, 3.05) is 40.9 Å². The number of phosphoric ester groups is 1. The lowest BCUT2D eigenvalue weighted by atomic mass is 10.0. The first-order valence-corrected chi connectivity index (χ1v) is 36.0. The smallest absolute Gasteiger partial charge is 0.268 e. The minimum atomic E-state index is -4.60. The number of quaternary nitrogens is 1. The fourth-order valence-corrected chi connectivity index (χ4v) is 11.6. The number of amides is 1. The maximum atomic E-state index is 13.0. The van der Waals surface area contributed by atoms with Crippen molar-refractivity contribution in [2.24, 2.45) is 0 Å². The first-order valence-electron chi connectivity index (χ1n) is 34.6. The van der Waals surface area contributed by atoms with Gasteiger partial charge in [-0.3, -0.25) is 9.36 Å². The molecule has 460 valence electrons. The Kier molecular flexibility index (Phi) is 59.3. The predicted molar refractivity (Wildman–Crippen MR) is 335 cm³/mol. The summed E-state index contributed by atoms with van der Waals surface area (Å²) in [5.41, 5.74) is 0. The number of allylic oxidation sites excluding steroid dienone is 1. The molecule has 3 unspecified atom stereocenters. The van der Waals surface area contributed by atoms with Crippen LogP contribution in [0.1, 0.15) is 367 Å². The third kappa shape index (κ3) is 62.7. The highest BCUT2D eigenvalue weighted by Crippen LogP contribution is 2.38. The molecule has 0 fully saturated rings. The third-order valence-electron chi connectivity index (χ3n) is 16.2. The Labute approximate surface area is 482 Å². The molecule has 77 heavy (non-hydrogen) atoms. The quantitative estimate of drug-likeness (QED) is 0.0272. The van der Waals surface area contributed by atoms with Crippen molar-refractivity contribution >= 4 is 13.7 Å². The standard InChI is InChI=1S/C68H137N2O6P/c1-6-8-10-12-14-16-18-20-22-24-26-28-30-32-33-34-35-36-38-40-42-44-46-48-50-52-54-56-58-60-62-68(72)69-66(65-76-77(73,74)75-64-63-70(3,4)5)67(71)61-59-57-55-53-51-49-47-45-43-41-39-37-31-29-27-25-23-21-19-17-15-13-11-9-7-2/h59,61,66-67,71H,6-58,60,62-65H2,1-5H3,(H-,69,72,73,74)/b61-59+. The van der Waals surface area contributed by atoms with Crippen molar-refractivity contribution in [2.45, 2.75) is 379 Å². The van der Waals surface area contributed by atoms with Crippen LogP contribution in [-0.4, -0.2) is 68.5 Å². The summed E-state index contributed by atoms with van der Waals surface area (Å²) in [6, 6.07) is -0.883. The number of phosphoric acid groups is 1. The number of aliphatic hydroxyl groups excluding tert-OH is 1. The second-order valence-corrected chi connectivity index (χ2v) is 26.7. The summed E-state index contributed by atoms with van der Waals surface area (Å²) in [5, 5.41) is 14.0. The van der Waals surface area contributed by atoms with Gasteiger partial charge in [-0.1, -0.05) is 353 Å². The number of likely N-dealkylation sites (N-methyl/N-ethyl adjacent to an activating group) is 1. The van der Waals surface area contributed by atoms with E-state index in [0.717, 1.165) is 38.5 Å². The summed E-state index contributed by atoms with van der Waals surface area (Å²) in [5.74, 6) is -0.187. The summed E-state index contributed by atoms with van der Waals surface area (Å²) >= 11 is 0. The molecule has 9 heteroatoms. The third-order valence-corrected chi connectivity index (χ3v) is 17.2. The van der Waals surface area contributed by atoms with E-state index in [0.29, 0.717) is 17.4 Å². The molecule has 0 heterocycles. The second-order valence-electron chi connectivity index (χ2n) is 25.3. The van der Waals surface area contributed by atoms with Crippen molar-refractivity contribution in [3.05, 3.63) is 12.2 Å². The molecule has 0 aliphatic rings. The van der Waals surface area contributed by atoms with Crippen LogP contribution >= 0.6 is 7.82 Å². The number of nitrogens with one attached hydrogen (secondary N) is 1. The van der Waals surface area contributed by atoms with Crippen LogP contribution in [0.15, 0.2) is 12.2 Å².